The molecule has 1 unspecified atom stereocenters. The zero-order valence-electron chi connectivity index (χ0n) is 9.55. The van der Waals surface area contributed by atoms with Crippen LogP contribution < -0.4 is 5.32 Å². The summed E-state index contributed by atoms with van der Waals surface area (Å²) in [5.41, 5.74) is -0.114. The Balaban J connectivity index is 3.34. The highest BCUT2D eigenvalue weighted by atomic mass is 16.3. The topological polar surface area (TPSA) is 52.5 Å². The Morgan fingerprint density at radius 2 is 1.71 bits per heavy atom. The fraction of sp³-hybridized carbons (Fsp3) is 1.00. The van der Waals surface area contributed by atoms with Gasteiger partial charge in [0, 0.05) is 12.1 Å². The lowest BCUT2D eigenvalue weighted by molar-refractivity contribution is 0.170. The lowest BCUT2D eigenvalue weighted by Crippen LogP contribution is -2.45. The number of hydrogen-bond donors (Lipinski definition) is 3. The molecule has 3 heteroatoms. The first kappa shape index (κ1) is 13.9. The minimum Gasteiger partial charge on any atom is -0.396 e. The van der Waals surface area contributed by atoms with Crippen molar-refractivity contribution >= 4 is 0 Å². The van der Waals surface area contributed by atoms with E-state index in [-0.39, 0.29) is 12.1 Å². The molecule has 0 amide bonds. The van der Waals surface area contributed by atoms with Gasteiger partial charge in [-0.3, -0.25) is 0 Å². The first-order valence-corrected chi connectivity index (χ1v) is 5.65. The summed E-state index contributed by atoms with van der Waals surface area (Å²) in [5, 5.41) is 21.1. The second kappa shape index (κ2) is 8.21. The third-order valence-electron chi connectivity index (χ3n) is 2.77. The molecule has 3 nitrogen and oxygen atoms in total. The molecule has 14 heavy (non-hydrogen) atoms. The summed E-state index contributed by atoms with van der Waals surface area (Å²) in [4.78, 5) is 0. The van der Waals surface area contributed by atoms with Crippen LogP contribution in [0, 0.1) is 0 Å². The van der Waals surface area contributed by atoms with Crippen molar-refractivity contribution in [3.05, 3.63) is 0 Å². The van der Waals surface area contributed by atoms with E-state index in [1.54, 1.807) is 0 Å². The van der Waals surface area contributed by atoms with Crippen LogP contribution in [0.25, 0.3) is 0 Å². The van der Waals surface area contributed by atoms with Gasteiger partial charge >= 0.3 is 0 Å². The number of hydrogen-bond acceptors (Lipinski definition) is 3. The third kappa shape index (κ3) is 6.35. The Hall–Kier alpha value is -0.120. The first-order valence-electron chi connectivity index (χ1n) is 5.65. The van der Waals surface area contributed by atoms with E-state index in [1.165, 1.54) is 0 Å². The first-order chi connectivity index (χ1) is 6.68. The van der Waals surface area contributed by atoms with Gasteiger partial charge in [-0.2, -0.15) is 0 Å². The van der Waals surface area contributed by atoms with Gasteiger partial charge in [-0.25, -0.2) is 0 Å². The normalized spacial score (nSPS) is 15.4. The maximum absolute atomic E-state index is 9.13. The van der Waals surface area contributed by atoms with Crippen molar-refractivity contribution < 1.29 is 10.2 Å². The van der Waals surface area contributed by atoms with Crippen LogP contribution in [0.15, 0.2) is 0 Å². The third-order valence-corrected chi connectivity index (χ3v) is 2.77. The van der Waals surface area contributed by atoms with Crippen LogP contribution in [0.2, 0.25) is 0 Å². The van der Waals surface area contributed by atoms with Crippen molar-refractivity contribution in [2.24, 2.45) is 0 Å². The van der Waals surface area contributed by atoms with Gasteiger partial charge in [0.25, 0.3) is 0 Å². The number of nitrogens with one attached hydrogen (secondary N) is 1. The molecule has 0 bridgehead atoms. The molecule has 3 N–H and O–H groups in total. The molecule has 0 aromatic rings. The average molecular weight is 203 g/mol. The van der Waals surface area contributed by atoms with Gasteiger partial charge in [0.1, 0.15) is 0 Å². The quantitative estimate of drug-likeness (QED) is 0.495. The van der Waals surface area contributed by atoms with Gasteiger partial charge < -0.3 is 15.5 Å². The monoisotopic (exact) mass is 203 g/mol. The fourth-order valence-corrected chi connectivity index (χ4v) is 1.27. The molecule has 0 radical (unpaired) electrons. The van der Waals surface area contributed by atoms with Crippen molar-refractivity contribution in [3.63, 3.8) is 0 Å². The molecule has 0 saturated carbocycles. The Morgan fingerprint density at radius 3 is 2.21 bits per heavy atom. The van der Waals surface area contributed by atoms with Crippen molar-refractivity contribution in [2.45, 2.75) is 51.5 Å². The molecular weight excluding hydrogens is 178 g/mol. The average Bonchev–Trinajstić information content (AvgIpc) is 2.23. The van der Waals surface area contributed by atoms with Crippen molar-refractivity contribution in [3.8, 4) is 0 Å². The van der Waals surface area contributed by atoms with Gasteiger partial charge in [-0.1, -0.05) is 19.8 Å². The Kier molecular flexibility index (Phi) is 8.14. The molecule has 0 aliphatic carbocycles. The highest BCUT2D eigenvalue weighted by molar-refractivity contribution is 4.79. The fourth-order valence-electron chi connectivity index (χ4n) is 1.27. The maximum Gasteiger partial charge on any atom is 0.0610 e. The SMILES string of the molecule is CCC(C)(CO)NCCCCCCO. The summed E-state index contributed by atoms with van der Waals surface area (Å²) in [6.45, 7) is 5.57. The number of unbranched alkanes of at least 4 members (excludes halogenated alkanes) is 3. The molecule has 1 atom stereocenters. The van der Waals surface area contributed by atoms with E-state index in [1.807, 2.05) is 6.92 Å². The number of aliphatic hydroxyl groups excluding tert-OH is 2. The molecule has 0 aliphatic rings. The van der Waals surface area contributed by atoms with E-state index in [2.05, 4.69) is 12.2 Å². The summed E-state index contributed by atoms with van der Waals surface area (Å²) >= 11 is 0. The molecule has 0 saturated heterocycles. The van der Waals surface area contributed by atoms with Crippen LogP contribution in [0.4, 0.5) is 0 Å². The lowest BCUT2D eigenvalue weighted by atomic mass is 10.00. The molecule has 0 spiro atoms. The van der Waals surface area contributed by atoms with Gasteiger partial charge in [0.15, 0.2) is 0 Å². The van der Waals surface area contributed by atoms with E-state index >= 15 is 0 Å². The van der Waals surface area contributed by atoms with Gasteiger partial charge in [0.05, 0.1) is 6.61 Å². The van der Waals surface area contributed by atoms with E-state index < -0.39 is 0 Å². The highest BCUT2D eigenvalue weighted by Crippen LogP contribution is 2.08. The standard InChI is InChI=1S/C11H25NO2/c1-3-11(2,10-14)12-8-6-4-5-7-9-13/h12-14H,3-10H2,1-2H3. The second-order valence-corrected chi connectivity index (χ2v) is 4.14. The summed E-state index contributed by atoms with van der Waals surface area (Å²) in [6.07, 6.45) is 5.22. The van der Waals surface area contributed by atoms with Crippen molar-refractivity contribution in [1.82, 2.24) is 5.32 Å². The van der Waals surface area contributed by atoms with Crippen LogP contribution in [-0.2, 0) is 0 Å². The predicted molar refractivity (Wildman–Crippen MR) is 59.3 cm³/mol. The summed E-state index contributed by atoms with van der Waals surface area (Å²) in [5.74, 6) is 0. The van der Waals surface area contributed by atoms with Crippen LogP contribution in [-0.4, -0.2) is 35.5 Å². The van der Waals surface area contributed by atoms with Crippen molar-refractivity contribution in [2.75, 3.05) is 19.8 Å². The van der Waals surface area contributed by atoms with E-state index in [0.29, 0.717) is 6.61 Å². The van der Waals surface area contributed by atoms with Crippen LogP contribution >= 0.6 is 0 Å². The minimum absolute atomic E-state index is 0.114. The van der Waals surface area contributed by atoms with E-state index in [9.17, 15) is 0 Å². The largest absolute Gasteiger partial charge is 0.396 e. The Morgan fingerprint density at radius 1 is 1.07 bits per heavy atom. The summed E-state index contributed by atoms with van der Waals surface area (Å²) in [7, 11) is 0. The zero-order chi connectivity index (χ0) is 10.9. The molecule has 0 aromatic heterocycles. The zero-order valence-corrected chi connectivity index (χ0v) is 9.55. The molecule has 0 aliphatic heterocycles. The Labute approximate surface area is 87.5 Å². The van der Waals surface area contributed by atoms with Gasteiger partial charge in [-0.05, 0) is 32.7 Å². The van der Waals surface area contributed by atoms with Gasteiger partial charge in [-0.15, -0.1) is 0 Å². The van der Waals surface area contributed by atoms with Crippen LogP contribution in [0.5, 0.6) is 0 Å². The maximum atomic E-state index is 9.13. The Bertz CT molecular complexity index is 124. The molecule has 0 heterocycles. The predicted octanol–water partition coefficient (Wildman–Crippen LogP) is 1.29. The summed E-state index contributed by atoms with van der Waals surface area (Å²) < 4.78 is 0. The second-order valence-electron chi connectivity index (χ2n) is 4.14. The van der Waals surface area contributed by atoms with Crippen molar-refractivity contribution in [1.29, 1.82) is 0 Å². The molecule has 86 valence electrons. The highest BCUT2D eigenvalue weighted by Gasteiger charge is 2.18. The van der Waals surface area contributed by atoms with Crippen LogP contribution in [0.3, 0.4) is 0 Å². The molecular formula is C11H25NO2. The minimum atomic E-state index is -0.114. The van der Waals surface area contributed by atoms with E-state index in [4.69, 9.17) is 10.2 Å². The molecule has 0 aromatic carbocycles. The van der Waals surface area contributed by atoms with Crippen LogP contribution in [0.1, 0.15) is 46.0 Å². The smallest absolute Gasteiger partial charge is 0.0610 e. The number of rotatable bonds is 9. The summed E-state index contributed by atoms with van der Waals surface area (Å²) in [6, 6.07) is 0. The molecule has 0 rings (SSSR count). The van der Waals surface area contributed by atoms with E-state index in [0.717, 1.165) is 38.6 Å². The van der Waals surface area contributed by atoms with Gasteiger partial charge in [0.2, 0.25) is 0 Å². The molecule has 0 fully saturated rings. The number of aliphatic hydroxyl groups is 2. The lowest BCUT2D eigenvalue weighted by Gasteiger charge is -2.27.